The van der Waals surface area contributed by atoms with Crippen LogP contribution in [-0.2, 0) is 28.8 Å². The van der Waals surface area contributed by atoms with E-state index in [4.69, 9.17) is 5.73 Å². The highest BCUT2D eigenvalue weighted by Crippen LogP contribution is 1.97. The lowest BCUT2D eigenvalue weighted by Crippen LogP contribution is -2.51. The SMILES string of the molecule is CC(=O)NC(CS)C(=O)NCC[N+](C)(C)C.C[N+](C)(C)CCNC(=O)CNC(=O)[C@H](CS)NC(=O)CC[C@H](N)C(=O)[O-]. The Morgan fingerprint density at radius 2 is 1.19 bits per heavy atom. The molecule has 0 aromatic heterocycles. The number of likely N-dealkylation sites (N-methyl/N-ethyl adjacent to an activating group) is 2. The largest absolute Gasteiger partial charge is 0.548 e. The van der Waals surface area contributed by atoms with Crippen LogP contribution in [0.3, 0.4) is 0 Å². The van der Waals surface area contributed by atoms with Crippen LogP contribution in [0.5, 0.6) is 0 Å². The third-order valence-electron chi connectivity index (χ3n) is 5.31. The molecule has 0 aromatic carbocycles. The third kappa shape index (κ3) is 24.0. The second kappa shape index (κ2) is 21.1. The van der Waals surface area contributed by atoms with Crippen molar-refractivity contribution in [2.24, 2.45) is 5.73 Å². The molecule has 244 valence electrons. The Bertz CT molecular complexity index is 895. The molecule has 1 unspecified atom stereocenters. The normalized spacial score (nSPS) is 13.3. The van der Waals surface area contributed by atoms with E-state index in [2.05, 4.69) is 73.0 Å². The van der Waals surface area contributed by atoms with Crippen molar-refractivity contribution in [3.63, 3.8) is 0 Å². The first-order valence-electron chi connectivity index (χ1n) is 13.4. The summed E-state index contributed by atoms with van der Waals surface area (Å²) in [5.74, 6) is -2.96. The first-order valence-corrected chi connectivity index (χ1v) is 14.7. The first-order chi connectivity index (χ1) is 19.2. The summed E-state index contributed by atoms with van der Waals surface area (Å²) in [5.41, 5.74) is 5.25. The van der Waals surface area contributed by atoms with Crippen LogP contribution in [0.2, 0.25) is 0 Å². The molecule has 0 spiro atoms. The van der Waals surface area contributed by atoms with Crippen molar-refractivity contribution in [1.82, 2.24) is 26.6 Å². The Morgan fingerprint density at radius 1 is 0.738 bits per heavy atom. The number of carboxylic acid groups (broad SMARTS) is 1. The number of nitrogens with two attached hydrogens (primary N) is 1. The number of carboxylic acids is 1. The summed E-state index contributed by atoms with van der Waals surface area (Å²) in [6, 6.07) is -2.74. The summed E-state index contributed by atoms with van der Waals surface area (Å²) < 4.78 is 1.48. The maximum Gasteiger partial charge on any atom is 0.243 e. The highest BCUT2D eigenvalue weighted by molar-refractivity contribution is 7.80. The summed E-state index contributed by atoms with van der Waals surface area (Å²) in [5, 5.41) is 23.3. The van der Waals surface area contributed by atoms with Gasteiger partial charge in [0.05, 0.1) is 81.0 Å². The van der Waals surface area contributed by atoms with E-state index >= 15 is 0 Å². The highest BCUT2D eigenvalue weighted by Gasteiger charge is 2.21. The minimum Gasteiger partial charge on any atom is -0.548 e. The number of carbonyl (C=O) groups excluding carboxylic acids is 6. The van der Waals surface area contributed by atoms with Crippen LogP contribution in [0.15, 0.2) is 0 Å². The molecule has 0 saturated heterocycles. The monoisotopic (exact) mass is 639 g/mol. The van der Waals surface area contributed by atoms with Crippen molar-refractivity contribution in [2.75, 3.05) is 86.5 Å². The Kier molecular flexibility index (Phi) is 20.9. The van der Waals surface area contributed by atoms with Crippen LogP contribution in [-0.4, -0.2) is 149 Å². The second-order valence-electron chi connectivity index (χ2n) is 11.6. The molecule has 17 heteroatoms. The van der Waals surface area contributed by atoms with Gasteiger partial charge in [0.1, 0.15) is 12.1 Å². The van der Waals surface area contributed by atoms with Gasteiger partial charge in [0.2, 0.25) is 29.5 Å². The molecule has 0 radical (unpaired) electrons. The maximum atomic E-state index is 12.0. The predicted octanol–water partition coefficient (Wildman–Crippen LogP) is -4.56. The minimum absolute atomic E-state index is 0.0211. The van der Waals surface area contributed by atoms with E-state index < -0.39 is 35.9 Å². The molecule has 3 atom stereocenters. The summed E-state index contributed by atoms with van der Waals surface area (Å²) in [6.07, 6.45) is -0.276. The fourth-order valence-corrected chi connectivity index (χ4v) is 3.34. The van der Waals surface area contributed by atoms with Gasteiger partial charge in [0.25, 0.3) is 0 Å². The molecule has 0 fully saturated rings. The summed E-state index contributed by atoms with van der Waals surface area (Å²) >= 11 is 8.03. The average Bonchev–Trinajstić information content (AvgIpc) is 2.86. The van der Waals surface area contributed by atoms with Crippen LogP contribution in [0.4, 0.5) is 0 Å². The van der Waals surface area contributed by atoms with E-state index in [1.165, 1.54) is 6.92 Å². The molecule has 0 heterocycles. The Labute approximate surface area is 260 Å². The molecule has 15 nitrogen and oxygen atoms in total. The van der Waals surface area contributed by atoms with Crippen LogP contribution in [0.1, 0.15) is 19.8 Å². The Hall–Kier alpha value is -2.60. The number of rotatable bonds is 18. The van der Waals surface area contributed by atoms with Crippen molar-refractivity contribution in [1.29, 1.82) is 0 Å². The molecule has 0 rings (SSSR count). The van der Waals surface area contributed by atoms with E-state index in [-0.39, 0.29) is 42.9 Å². The molecule has 0 aliphatic carbocycles. The van der Waals surface area contributed by atoms with Gasteiger partial charge in [-0.05, 0) is 6.42 Å². The predicted molar refractivity (Wildman–Crippen MR) is 164 cm³/mol. The number of thiol groups is 2. The van der Waals surface area contributed by atoms with Crippen molar-refractivity contribution in [2.45, 2.75) is 37.9 Å². The van der Waals surface area contributed by atoms with Crippen molar-refractivity contribution in [3.05, 3.63) is 0 Å². The van der Waals surface area contributed by atoms with E-state index in [1.807, 2.05) is 21.1 Å². The van der Waals surface area contributed by atoms with Crippen molar-refractivity contribution >= 4 is 60.8 Å². The maximum absolute atomic E-state index is 12.0. The topological polar surface area (TPSA) is 212 Å². The molecule has 42 heavy (non-hydrogen) atoms. The quantitative estimate of drug-likeness (QED) is 0.0539. The van der Waals surface area contributed by atoms with Crippen molar-refractivity contribution in [3.8, 4) is 0 Å². The third-order valence-corrected chi connectivity index (χ3v) is 6.04. The Morgan fingerprint density at radius 3 is 1.62 bits per heavy atom. The van der Waals surface area contributed by atoms with E-state index in [1.54, 1.807) is 0 Å². The fourth-order valence-electron chi connectivity index (χ4n) is 2.83. The number of aliphatic carboxylic acids is 1. The number of hydrogen-bond acceptors (Lipinski definition) is 10. The number of nitrogens with zero attached hydrogens (tertiary/aromatic N) is 2. The van der Waals surface area contributed by atoms with Gasteiger partial charge < -0.3 is 51.2 Å². The van der Waals surface area contributed by atoms with Gasteiger partial charge in [-0.3, -0.25) is 24.0 Å². The molecule has 5 amide bonds. The lowest BCUT2D eigenvalue weighted by molar-refractivity contribution is -0.869. The van der Waals surface area contributed by atoms with Gasteiger partial charge in [0.15, 0.2) is 0 Å². The zero-order chi connectivity index (χ0) is 33.1. The van der Waals surface area contributed by atoms with Gasteiger partial charge in [-0.25, -0.2) is 0 Å². The zero-order valence-corrected chi connectivity index (χ0v) is 27.6. The molecule has 0 aromatic rings. The van der Waals surface area contributed by atoms with E-state index in [0.29, 0.717) is 23.3 Å². The van der Waals surface area contributed by atoms with Gasteiger partial charge in [-0.1, -0.05) is 0 Å². The first kappa shape index (κ1) is 41.5. The van der Waals surface area contributed by atoms with Gasteiger partial charge in [-0.15, -0.1) is 0 Å². The standard InChI is InChI=1S/C15H29N5O5S.C10H21N3O2S/c1-20(2,3)7-6-17-13(22)8-18-14(23)11(9-26)19-12(21)5-4-10(16)15(24)25;1-8(14)12-9(7-16)10(15)11-5-6-13(2,3)4/h10-11H,4-9,16H2,1-3H3,(H4-,17,18,19,21,22,23,24,25,26);9H,5-7H2,1-4H3,(H2-,11,12,14,15,16)/p+1/t10-,11-;/m0./s1. The summed E-state index contributed by atoms with van der Waals surface area (Å²) in [6.45, 7) is 3.81. The van der Waals surface area contributed by atoms with Crippen LogP contribution >= 0.6 is 25.3 Å². The van der Waals surface area contributed by atoms with E-state index in [9.17, 15) is 33.9 Å². The molecule has 0 saturated carbocycles. The minimum atomic E-state index is -1.45. The van der Waals surface area contributed by atoms with Crippen LogP contribution < -0.4 is 37.4 Å². The smallest absolute Gasteiger partial charge is 0.243 e. The lowest BCUT2D eigenvalue weighted by Gasteiger charge is -2.24. The molecule has 0 aliphatic rings. The number of quaternary nitrogens is 2. The van der Waals surface area contributed by atoms with Gasteiger partial charge in [0, 0.05) is 30.9 Å². The molecule has 7 N–H and O–H groups in total. The lowest BCUT2D eigenvalue weighted by atomic mass is 10.1. The summed E-state index contributed by atoms with van der Waals surface area (Å²) in [4.78, 5) is 68.4. The number of hydrogen-bond donors (Lipinski definition) is 8. The molecule has 0 aliphatic heterocycles. The summed E-state index contributed by atoms with van der Waals surface area (Å²) in [7, 11) is 12.1. The highest BCUT2D eigenvalue weighted by atomic mass is 32.1. The molecule has 0 bridgehead atoms. The molecular weight excluding hydrogens is 588 g/mol. The number of amides is 5. The van der Waals surface area contributed by atoms with Gasteiger partial charge >= 0.3 is 0 Å². The van der Waals surface area contributed by atoms with Gasteiger partial charge in [-0.2, -0.15) is 25.3 Å². The average molecular weight is 640 g/mol. The van der Waals surface area contributed by atoms with Crippen LogP contribution in [0, 0.1) is 0 Å². The van der Waals surface area contributed by atoms with Crippen molar-refractivity contribution < 1.29 is 42.8 Å². The fraction of sp³-hybridized carbons (Fsp3) is 0.760. The van der Waals surface area contributed by atoms with Crippen LogP contribution in [0.25, 0.3) is 0 Å². The Balaban J connectivity index is 0. The number of nitrogens with one attached hydrogen (secondary N) is 5. The number of carbonyl (C=O) groups is 6. The van der Waals surface area contributed by atoms with E-state index in [0.717, 1.165) is 17.6 Å². The second-order valence-corrected chi connectivity index (χ2v) is 12.3. The zero-order valence-electron chi connectivity index (χ0n) is 25.8. The molecular formula is C25H51N8O7S2+.